The molecule has 16 nitrogen and oxygen atoms in total. The molecule has 0 saturated heterocycles. The molecule has 0 saturated carbocycles. The molecule has 0 fully saturated rings. The molecular weight excluding hydrogens is 744 g/mol. The summed E-state index contributed by atoms with van der Waals surface area (Å²) in [7, 11) is 7.82. The zero-order valence-corrected chi connectivity index (χ0v) is 40.1. The molecule has 0 aliphatic rings. The Bertz CT molecular complexity index is 634. The van der Waals surface area contributed by atoms with E-state index in [9.17, 15) is 14.4 Å². The van der Waals surface area contributed by atoms with Crippen molar-refractivity contribution in [3.63, 3.8) is 0 Å². The molecule has 16 heteroatoms. The molecule has 0 aromatic carbocycles. The number of carboxylic acids is 1. The van der Waals surface area contributed by atoms with Crippen LogP contribution in [0.1, 0.15) is 163 Å². The summed E-state index contributed by atoms with van der Waals surface area (Å²) in [6.07, 6.45) is 7.65. The average Bonchev–Trinajstić information content (AvgIpc) is 3.05. The Balaban J connectivity index is -0.0000000339. The summed E-state index contributed by atoms with van der Waals surface area (Å²) >= 11 is 0. The molecule has 0 aliphatic carbocycles. The molecule has 0 spiro atoms. The summed E-state index contributed by atoms with van der Waals surface area (Å²) in [5.41, 5.74) is -0.958. The lowest BCUT2D eigenvalue weighted by Crippen LogP contribution is -2.17. The van der Waals surface area contributed by atoms with Gasteiger partial charge in [0.25, 0.3) is 5.97 Å². The van der Waals surface area contributed by atoms with Crippen LogP contribution in [-0.2, 0) is 23.9 Å². The number of esters is 1. The normalized spacial score (nSPS) is 8.25. The Kier molecular flexibility index (Phi) is 136. The topological polar surface area (TPSA) is 266 Å². The first-order chi connectivity index (χ1) is 25.4. The van der Waals surface area contributed by atoms with Crippen LogP contribution in [0.3, 0.4) is 0 Å². The van der Waals surface area contributed by atoms with E-state index in [4.69, 9.17) is 50.8 Å². The lowest BCUT2D eigenvalue weighted by molar-refractivity contribution is -0.140. The lowest BCUT2D eigenvalue weighted by Gasteiger charge is -2.11. The van der Waals surface area contributed by atoms with Gasteiger partial charge in [0.2, 0.25) is 12.3 Å². The Hall–Kier alpha value is -2.44. The summed E-state index contributed by atoms with van der Waals surface area (Å²) < 4.78 is 4.40. The van der Waals surface area contributed by atoms with Gasteiger partial charge in [0.15, 0.2) is 0 Å². The second-order valence-corrected chi connectivity index (χ2v) is 12.9. The maximum Gasteiger partial charge on any atom is 0.302 e. The number of rotatable bonds is 9. The highest BCUT2D eigenvalue weighted by Gasteiger charge is 2.05. The molecule has 0 unspecified atom stereocenters. The van der Waals surface area contributed by atoms with Gasteiger partial charge in [-0.1, -0.05) is 54.4 Å². The minimum atomic E-state index is -0.833. The fraction of sp³-hybridized carbons (Fsp3) is 0.902. The third kappa shape index (κ3) is 588. The highest BCUT2D eigenvalue weighted by atomic mass is 16.5. The Morgan fingerprint density at radius 3 is 0.912 bits per heavy atom. The zero-order valence-electron chi connectivity index (χ0n) is 40.1. The number of unbranched alkanes of at least 4 members (excludes halogenated alkanes) is 3. The van der Waals surface area contributed by atoms with Crippen molar-refractivity contribution in [2.45, 2.75) is 180 Å². The first-order valence-corrected chi connectivity index (χ1v) is 19.0. The highest BCUT2D eigenvalue weighted by molar-refractivity contribution is 5.72. The van der Waals surface area contributed by atoms with E-state index in [0.29, 0.717) is 26.4 Å². The summed E-state index contributed by atoms with van der Waals surface area (Å²) in [5, 5.41) is 71.5. The van der Waals surface area contributed by atoms with Crippen molar-refractivity contribution < 1.29 is 69.9 Å². The van der Waals surface area contributed by atoms with Gasteiger partial charge in [-0.2, -0.15) is 0 Å². The smallest absolute Gasteiger partial charge is 0.302 e. The fourth-order valence-electron chi connectivity index (χ4n) is 0.723. The number of aliphatic carboxylic acids is 1. The number of aliphatic hydroxyl groups excluding tert-OH is 6. The molecule has 0 atom stereocenters. The second kappa shape index (κ2) is 85.7. The van der Waals surface area contributed by atoms with E-state index in [1.807, 2.05) is 13.8 Å². The minimum Gasteiger partial charge on any atom is -0.481 e. The highest BCUT2D eigenvalue weighted by Crippen LogP contribution is 2.03. The van der Waals surface area contributed by atoms with Gasteiger partial charge >= 0.3 is 5.97 Å². The van der Waals surface area contributed by atoms with Crippen molar-refractivity contribution in [3.8, 4) is 0 Å². The Morgan fingerprint density at radius 2 is 0.895 bits per heavy atom. The van der Waals surface area contributed by atoms with Crippen molar-refractivity contribution >= 4 is 24.3 Å². The van der Waals surface area contributed by atoms with Gasteiger partial charge in [-0.3, -0.25) is 19.2 Å². The number of hydrogen-bond donors (Lipinski definition) is 9. The molecule has 0 aromatic heterocycles. The lowest BCUT2D eigenvalue weighted by atomic mass is 10.1. The maximum atomic E-state index is 10.1. The molecule has 2 amide bonds. The third-order valence-electron chi connectivity index (χ3n) is 3.55. The van der Waals surface area contributed by atoms with Gasteiger partial charge in [0, 0.05) is 88.6 Å². The predicted octanol–water partition coefficient (Wildman–Crippen LogP) is 5.37. The number of carbonyl (C=O) groups is 4. The van der Waals surface area contributed by atoms with E-state index in [1.54, 1.807) is 90.5 Å². The SMILES string of the molecule is C.CC(=O)N(C)C.CC(=O)O.CC(C)(C)O.CC(C)O.CCC(C)(C)O.CCCCCO.CCCCO.CCCO.CCO.CCOC(C)=O.CN(C)C=O.CO. The molecule has 0 heterocycles. The van der Waals surface area contributed by atoms with Crippen LogP contribution in [0.15, 0.2) is 0 Å². The van der Waals surface area contributed by atoms with Crippen molar-refractivity contribution in [3.05, 3.63) is 0 Å². The number of carbonyl (C=O) groups excluding carboxylic acids is 3. The van der Waals surface area contributed by atoms with Gasteiger partial charge in [-0.25, -0.2) is 0 Å². The number of hydrogen-bond acceptors (Lipinski definition) is 13. The van der Waals surface area contributed by atoms with Crippen LogP contribution >= 0.6 is 0 Å². The molecule has 0 aromatic rings. The molecular formula is C41H102N2O14. The van der Waals surface area contributed by atoms with Crippen LogP contribution in [0, 0.1) is 0 Å². The Labute approximate surface area is 352 Å². The van der Waals surface area contributed by atoms with Gasteiger partial charge < -0.3 is 60.5 Å². The fourth-order valence-corrected chi connectivity index (χ4v) is 0.723. The van der Waals surface area contributed by atoms with Crippen LogP contribution in [-0.4, -0.2) is 166 Å². The number of carboxylic acid groups (broad SMARTS) is 1. The second-order valence-electron chi connectivity index (χ2n) is 12.9. The molecule has 0 rings (SSSR count). The van der Waals surface area contributed by atoms with Gasteiger partial charge in [0.1, 0.15) is 0 Å². The summed E-state index contributed by atoms with van der Waals surface area (Å²) in [6, 6.07) is 0. The van der Waals surface area contributed by atoms with Crippen LogP contribution in [0.2, 0.25) is 0 Å². The van der Waals surface area contributed by atoms with Crippen LogP contribution in [0.4, 0.5) is 0 Å². The van der Waals surface area contributed by atoms with Gasteiger partial charge in [-0.05, 0) is 88.0 Å². The molecule has 0 radical (unpaired) electrons. The number of amides is 2. The number of aliphatic hydroxyl groups is 8. The van der Waals surface area contributed by atoms with E-state index >= 15 is 0 Å². The van der Waals surface area contributed by atoms with E-state index in [1.165, 1.54) is 30.1 Å². The first-order valence-electron chi connectivity index (χ1n) is 19.0. The number of nitrogens with zero attached hydrogens (tertiary/aromatic N) is 2. The monoisotopic (exact) mass is 847 g/mol. The molecule has 0 aliphatic heterocycles. The standard InChI is InChI=1S/2C5H12O.C4H9NO.C4H8O2.2C4H10O.C3H7NO.2C3H8O.C2H4O2.C2H6O.CH4O.CH4/c1-4-5(2,3)6;1-2-3-4-5-6;1-4(6)5(2)3;1-3-6-4(2)5;1-4(2,3)5;1-2-3-4-5;1-4(2)3-5;1-3(2)4;1-2-3-4;1-2(3)4;1-2-3;1-2;/h6H,4H2,1-3H3;6H,2-5H2,1H3;1-3H3;3H2,1-2H3;5H,1-3H3;5H,2-4H2,1H3;3H,1-2H3;3-4H,1-2H3;4H,2-3H2,1H3;1H3,(H,3,4);3H,2H2,1H3;2H,1H3;1H4. The Morgan fingerprint density at radius 1 is 0.684 bits per heavy atom. The molecule has 9 N–H and O–H groups in total. The van der Waals surface area contributed by atoms with E-state index in [0.717, 1.165) is 59.0 Å². The van der Waals surface area contributed by atoms with Crippen LogP contribution in [0.5, 0.6) is 0 Å². The van der Waals surface area contributed by atoms with Gasteiger partial charge in [0.05, 0.1) is 17.8 Å². The van der Waals surface area contributed by atoms with E-state index in [2.05, 4.69) is 18.6 Å². The average molecular weight is 847 g/mol. The van der Waals surface area contributed by atoms with Crippen molar-refractivity contribution in [1.82, 2.24) is 9.80 Å². The predicted molar refractivity (Wildman–Crippen MR) is 239 cm³/mol. The molecule has 360 valence electrons. The van der Waals surface area contributed by atoms with Crippen molar-refractivity contribution in [1.29, 1.82) is 0 Å². The van der Waals surface area contributed by atoms with Gasteiger partial charge in [-0.15, -0.1) is 0 Å². The van der Waals surface area contributed by atoms with Crippen LogP contribution in [0.25, 0.3) is 0 Å². The molecule has 0 bridgehead atoms. The first kappa shape index (κ1) is 90.6. The van der Waals surface area contributed by atoms with Crippen molar-refractivity contribution in [2.75, 3.05) is 68.3 Å². The zero-order chi connectivity index (χ0) is 48.4. The molecule has 57 heavy (non-hydrogen) atoms. The van der Waals surface area contributed by atoms with E-state index in [-0.39, 0.29) is 32.0 Å². The quantitative estimate of drug-likeness (QED) is 0.0803. The van der Waals surface area contributed by atoms with Crippen molar-refractivity contribution in [2.24, 2.45) is 0 Å². The third-order valence-corrected chi connectivity index (χ3v) is 3.55. The summed E-state index contributed by atoms with van der Waals surface area (Å²) in [4.78, 5) is 41.3. The summed E-state index contributed by atoms with van der Waals surface area (Å²) in [6.45, 7) is 29.5. The largest absolute Gasteiger partial charge is 0.481 e. The number of ether oxygens (including phenoxy) is 1. The van der Waals surface area contributed by atoms with E-state index < -0.39 is 17.2 Å². The summed E-state index contributed by atoms with van der Waals surface area (Å²) in [5.74, 6) is -0.951. The maximum absolute atomic E-state index is 10.1. The minimum absolute atomic E-state index is 0. The van der Waals surface area contributed by atoms with Crippen LogP contribution < -0.4 is 0 Å².